The van der Waals surface area contributed by atoms with Gasteiger partial charge in [-0.1, -0.05) is 138 Å². The highest BCUT2D eigenvalue weighted by atomic mass is 35.5. The SMILES string of the molecule is Cc1ccc(S(=O)(=O)OC[C@H]2[C@H]3C(=O)N(S(=O)(=O)c4ccc(C)cc4)[C@H](CO[Si](C(C)C)(C(C)C)C(C)C)[C@H]3[C@]3(C(=O)N(Cc4ccccc4)C(=O)N3Cc3ccccc3)[C@@H]2Cl)cc1. The monoisotopic (exact) mass is 947 g/mol. The van der Waals surface area contributed by atoms with E-state index in [4.69, 9.17) is 20.2 Å². The smallest absolute Gasteiger partial charge is 0.328 e. The van der Waals surface area contributed by atoms with Gasteiger partial charge in [0.1, 0.15) is 5.54 Å². The zero-order valence-electron chi connectivity index (χ0n) is 37.5. The Kier molecular flexibility index (Phi) is 13.5. The number of rotatable bonds is 16. The van der Waals surface area contributed by atoms with Gasteiger partial charge >= 0.3 is 6.03 Å². The fraction of sp³-hybridized carbons (Fsp3) is 0.438. The van der Waals surface area contributed by atoms with Crippen LogP contribution in [0.2, 0.25) is 16.6 Å². The van der Waals surface area contributed by atoms with E-state index in [0.29, 0.717) is 11.1 Å². The van der Waals surface area contributed by atoms with E-state index in [2.05, 4.69) is 41.5 Å². The molecule has 0 N–H and O–H groups in total. The van der Waals surface area contributed by atoms with Gasteiger partial charge in [0, 0.05) is 18.4 Å². The van der Waals surface area contributed by atoms with Crippen LogP contribution >= 0.6 is 11.6 Å². The van der Waals surface area contributed by atoms with Gasteiger partial charge in [0.05, 0.1) is 46.9 Å². The number of fused-ring (bicyclic) bond motifs is 2. The number of alkyl halides is 1. The number of sulfonamides is 1. The summed E-state index contributed by atoms with van der Waals surface area (Å²) in [7, 11) is -12.0. The van der Waals surface area contributed by atoms with Crippen LogP contribution < -0.4 is 0 Å². The minimum atomic E-state index is -4.68. The predicted molar refractivity (Wildman–Crippen MR) is 248 cm³/mol. The first kappa shape index (κ1) is 47.6. The third kappa shape index (κ3) is 8.03. The molecular weight excluding hydrogens is 890 g/mol. The van der Waals surface area contributed by atoms with Crippen molar-refractivity contribution < 1.29 is 39.8 Å². The number of nitrogens with zero attached hydrogens (tertiary/aromatic N) is 3. The lowest BCUT2D eigenvalue weighted by Gasteiger charge is -2.46. The molecule has 4 amide bonds. The van der Waals surface area contributed by atoms with Gasteiger partial charge in [-0.25, -0.2) is 17.5 Å². The normalized spacial score (nSPS) is 24.0. The van der Waals surface area contributed by atoms with Crippen molar-refractivity contribution in [2.75, 3.05) is 13.2 Å². The molecule has 4 aromatic carbocycles. The van der Waals surface area contributed by atoms with Gasteiger partial charge in [0.2, 0.25) is 5.91 Å². The molecule has 16 heteroatoms. The van der Waals surface area contributed by atoms with E-state index in [1.165, 1.54) is 29.2 Å². The number of urea groups is 1. The quantitative estimate of drug-likeness (QED) is 0.0466. The summed E-state index contributed by atoms with van der Waals surface area (Å²) in [6.45, 7) is 14.9. The van der Waals surface area contributed by atoms with Crippen molar-refractivity contribution in [1.82, 2.24) is 14.1 Å². The lowest BCUT2D eigenvalue weighted by atomic mass is 9.78. The Labute approximate surface area is 384 Å². The molecular formula is C48H58ClN3O9S2Si. The first-order valence-corrected chi connectivity index (χ1v) is 27.2. The second-order valence-corrected chi connectivity index (χ2v) is 27.7. The van der Waals surface area contributed by atoms with Gasteiger partial charge in [-0.15, -0.1) is 11.6 Å². The molecule has 1 spiro atoms. The molecule has 0 aromatic heterocycles. The summed E-state index contributed by atoms with van der Waals surface area (Å²) in [4.78, 5) is 48.8. The summed E-state index contributed by atoms with van der Waals surface area (Å²) in [5.41, 5.74) is 0.999. The molecule has 0 unspecified atom stereocenters. The minimum Gasteiger partial charge on any atom is -0.414 e. The number of halogens is 1. The topological polar surface area (TPSA) is 148 Å². The molecule has 342 valence electrons. The van der Waals surface area contributed by atoms with Crippen LogP contribution in [0.5, 0.6) is 0 Å². The highest BCUT2D eigenvalue weighted by Gasteiger charge is 2.79. The number of aryl methyl sites for hydroxylation is 2. The van der Waals surface area contributed by atoms with Gasteiger partial charge in [-0.2, -0.15) is 8.42 Å². The number of carbonyl (C=O) groups excluding carboxylic acids is 3. The van der Waals surface area contributed by atoms with Crippen LogP contribution in [-0.4, -0.2) is 87.3 Å². The maximum absolute atomic E-state index is 15.8. The molecule has 64 heavy (non-hydrogen) atoms. The van der Waals surface area contributed by atoms with E-state index in [1.807, 2.05) is 26.0 Å². The highest BCUT2D eigenvalue weighted by Crippen LogP contribution is 2.61. The van der Waals surface area contributed by atoms with E-state index in [9.17, 15) is 8.42 Å². The van der Waals surface area contributed by atoms with Crippen molar-refractivity contribution in [3.63, 3.8) is 0 Å². The Balaban J connectivity index is 1.47. The number of benzene rings is 4. The maximum atomic E-state index is 15.8. The van der Waals surface area contributed by atoms with E-state index >= 15 is 22.8 Å². The van der Waals surface area contributed by atoms with Crippen LogP contribution in [-0.2, 0) is 51.4 Å². The van der Waals surface area contributed by atoms with Crippen molar-refractivity contribution in [3.05, 3.63) is 131 Å². The van der Waals surface area contributed by atoms with Gasteiger partial charge in [-0.3, -0.25) is 18.7 Å². The van der Waals surface area contributed by atoms with Gasteiger partial charge in [0.25, 0.3) is 26.0 Å². The third-order valence-electron chi connectivity index (χ3n) is 13.7. The zero-order valence-corrected chi connectivity index (χ0v) is 40.9. The summed E-state index contributed by atoms with van der Waals surface area (Å²) in [5, 5.41) is -1.44. The fourth-order valence-electron chi connectivity index (χ4n) is 10.9. The molecule has 7 rings (SSSR count). The van der Waals surface area contributed by atoms with Crippen molar-refractivity contribution in [1.29, 1.82) is 0 Å². The molecule has 3 fully saturated rings. The molecule has 1 aliphatic carbocycles. The number of carbonyl (C=O) groups is 3. The fourth-order valence-corrected chi connectivity index (χ4v) is 19.5. The van der Waals surface area contributed by atoms with Crippen LogP contribution in [0.25, 0.3) is 0 Å². The van der Waals surface area contributed by atoms with Gasteiger partial charge < -0.3 is 9.33 Å². The van der Waals surface area contributed by atoms with Crippen molar-refractivity contribution in [3.8, 4) is 0 Å². The molecule has 0 radical (unpaired) electrons. The van der Waals surface area contributed by atoms with Gasteiger partial charge in [-0.05, 0) is 65.9 Å². The van der Waals surface area contributed by atoms with E-state index in [1.54, 1.807) is 72.8 Å². The van der Waals surface area contributed by atoms with Crippen LogP contribution in [0, 0.1) is 31.6 Å². The van der Waals surface area contributed by atoms with Crippen LogP contribution in [0.15, 0.2) is 119 Å². The number of hydrogen-bond acceptors (Lipinski definition) is 9. The highest BCUT2D eigenvalue weighted by molar-refractivity contribution is 7.89. The first-order chi connectivity index (χ1) is 30.2. The van der Waals surface area contributed by atoms with Crippen molar-refractivity contribution in [2.24, 2.45) is 17.8 Å². The van der Waals surface area contributed by atoms with Gasteiger partial charge in [0.15, 0.2) is 8.32 Å². The first-order valence-electron chi connectivity index (χ1n) is 21.8. The summed E-state index contributed by atoms with van der Waals surface area (Å²) >= 11 is 7.73. The molecule has 4 aromatic rings. The number of hydrogen-bond donors (Lipinski definition) is 0. The third-order valence-corrected chi connectivity index (χ3v) is 23.6. The van der Waals surface area contributed by atoms with E-state index < -0.39 is 87.6 Å². The Hall–Kier alpha value is -4.38. The van der Waals surface area contributed by atoms with Crippen LogP contribution in [0.4, 0.5) is 4.79 Å². The average Bonchev–Trinajstić information content (AvgIpc) is 3.76. The molecule has 6 atom stereocenters. The number of imide groups is 1. The second-order valence-electron chi connectivity index (χ2n) is 18.4. The molecule has 2 heterocycles. The van der Waals surface area contributed by atoms with Crippen molar-refractivity contribution >= 4 is 57.9 Å². The maximum Gasteiger partial charge on any atom is 0.328 e. The zero-order chi connectivity index (χ0) is 46.5. The molecule has 1 saturated carbocycles. The molecule has 12 nitrogen and oxygen atoms in total. The summed E-state index contributed by atoms with van der Waals surface area (Å²) < 4.78 is 72.0. The Morgan fingerprint density at radius 3 is 1.66 bits per heavy atom. The summed E-state index contributed by atoms with van der Waals surface area (Å²) in [5.74, 6) is -5.60. The Bertz CT molecular complexity index is 2560. The largest absolute Gasteiger partial charge is 0.414 e. The van der Waals surface area contributed by atoms with E-state index in [0.717, 1.165) is 20.3 Å². The van der Waals surface area contributed by atoms with E-state index in [-0.39, 0.29) is 46.1 Å². The lowest BCUT2D eigenvalue weighted by molar-refractivity contribution is -0.136. The Morgan fingerprint density at radius 1 is 0.672 bits per heavy atom. The Morgan fingerprint density at radius 2 is 1.16 bits per heavy atom. The minimum absolute atomic E-state index is 0.0552. The summed E-state index contributed by atoms with van der Waals surface area (Å²) in [6.07, 6.45) is 0. The average molecular weight is 949 g/mol. The molecule has 0 bridgehead atoms. The predicted octanol–water partition coefficient (Wildman–Crippen LogP) is 8.67. The molecule has 3 aliphatic rings. The molecule has 2 saturated heterocycles. The number of amides is 4. The van der Waals surface area contributed by atoms with Crippen LogP contribution in [0.1, 0.15) is 63.8 Å². The molecule has 2 aliphatic heterocycles. The van der Waals surface area contributed by atoms with Crippen LogP contribution in [0.3, 0.4) is 0 Å². The van der Waals surface area contributed by atoms with Crippen molar-refractivity contribution in [2.45, 2.75) is 112 Å². The second kappa shape index (κ2) is 18.1. The summed E-state index contributed by atoms with van der Waals surface area (Å²) in [6, 6.07) is 28.2. The lowest BCUT2D eigenvalue weighted by Crippen LogP contribution is -2.63. The standard InChI is InChI=1S/C48H58ClN3O9S2Si/c1-31(2)64(32(3)4,33(5)6)61-30-41-43-42(45(53)52(41)62(56,57)38-23-19-34(7)20-24-38)40(29-60-63(58,59)39-25-21-35(8)22-26-39)44(49)48(43)46(54)50(27-36-15-11-9-12-16-36)47(55)51(48)28-37-17-13-10-14-18-37/h9-26,31-33,40-44H,27-30H2,1-8H3/t40-,41+,42+,43+,44+,48+/m0/s1.